The van der Waals surface area contributed by atoms with Gasteiger partial charge in [0.15, 0.2) is 0 Å². The number of carbonyl (C=O) groups excluding carboxylic acids is 1. The lowest BCUT2D eigenvalue weighted by atomic mass is 10.0. The number of thiazole rings is 1. The number of anilines is 1. The van der Waals surface area contributed by atoms with Crippen molar-refractivity contribution in [1.82, 2.24) is 24.2 Å². The van der Waals surface area contributed by atoms with Crippen LogP contribution in [0.5, 0.6) is 0 Å². The summed E-state index contributed by atoms with van der Waals surface area (Å²) >= 11 is 1.42. The molecule has 1 amide bonds. The van der Waals surface area contributed by atoms with Crippen molar-refractivity contribution in [3.8, 4) is 11.1 Å². The van der Waals surface area contributed by atoms with Crippen LogP contribution < -0.4 is 16.0 Å². The Kier molecular flexibility index (Phi) is 5.18. The second-order valence-electron chi connectivity index (χ2n) is 7.67. The molecule has 0 aliphatic heterocycles. The number of rotatable bonds is 5. The lowest BCUT2D eigenvalue weighted by molar-refractivity contribution is 0.0974. The van der Waals surface area contributed by atoms with Gasteiger partial charge in [-0.15, -0.1) is 11.3 Å². The summed E-state index contributed by atoms with van der Waals surface area (Å²) in [6, 6.07) is 10.4. The number of aromatic nitrogens is 4. The zero-order valence-corrected chi connectivity index (χ0v) is 19.4. The van der Waals surface area contributed by atoms with Gasteiger partial charge in [0.25, 0.3) is 11.5 Å². The number of nitrogens with zero attached hydrogens (tertiary/aromatic N) is 3. The minimum Gasteiger partial charge on any atom is -0.384 e. The van der Waals surface area contributed by atoms with Gasteiger partial charge in [-0.2, -0.15) is 0 Å². The highest BCUT2D eigenvalue weighted by Crippen LogP contribution is 2.39. The third-order valence-electron chi connectivity index (χ3n) is 5.29. The highest BCUT2D eigenvalue weighted by molar-refractivity contribution is 7.89. The number of aromatic amines is 1. The van der Waals surface area contributed by atoms with Gasteiger partial charge >= 0.3 is 0 Å². The molecule has 5 aromatic rings. The summed E-state index contributed by atoms with van der Waals surface area (Å²) < 4.78 is 28.6. The Morgan fingerprint density at radius 2 is 2.06 bits per heavy atom. The second-order valence-corrected chi connectivity index (χ2v) is 10.3. The fourth-order valence-corrected chi connectivity index (χ4v) is 5.16. The molecule has 5 rings (SSSR count). The molecule has 34 heavy (non-hydrogen) atoms. The quantitative estimate of drug-likeness (QED) is 0.339. The summed E-state index contributed by atoms with van der Waals surface area (Å²) in [5.74, 6) is -0.555. The van der Waals surface area contributed by atoms with Crippen LogP contribution in [0.25, 0.3) is 32.2 Å². The third kappa shape index (κ3) is 3.82. The number of nitrogen functional groups attached to an aromatic ring is 1. The van der Waals surface area contributed by atoms with Crippen molar-refractivity contribution in [2.75, 3.05) is 12.0 Å². The van der Waals surface area contributed by atoms with E-state index in [9.17, 15) is 18.0 Å². The largest absolute Gasteiger partial charge is 0.384 e. The van der Waals surface area contributed by atoms with Crippen LogP contribution >= 0.6 is 11.3 Å². The number of sulfonamides is 1. The Hall–Kier alpha value is -4.03. The number of nitrogens with two attached hydrogens (primary N) is 1. The van der Waals surface area contributed by atoms with Crippen LogP contribution in [0, 0.1) is 0 Å². The molecular weight excluding hydrogens is 476 g/mol. The topological polar surface area (TPSA) is 153 Å². The van der Waals surface area contributed by atoms with Gasteiger partial charge in [-0.1, -0.05) is 0 Å². The molecule has 172 valence electrons. The SMILES string of the molecule is CS(=O)(=O)NC(=O)c1c(-c2ccc[nH]c2=O)c2c3ncsc3ccc2n1Cc1ccnc(N)c1. The van der Waals surface area contributed by atoms with Crippen molar-refractivity contribution in [2.24, 2.45) is 0 Å². The van der Waals surface area contributed by atoms with Crippen molar-refractivity contribution >= 4 is 54.2 Å². The normalized spacial score (nSPS) is 11.8. The van der Waals surface area contributed by atoms with Crippen LogP contribution in [0.2, 0.25) is 0 Å². The van der Waals surface area contributed by atoms with Gasteiger partial charge < -0.3 is 15.3 Å². The van der Waals surface area contributed by atoms with Crippen molar-refractivity contribution in [3.05, 3.63) is 75.9 Å². The standard InChI is InChI=1S/C22H18N6O4S2/c1-34(31,32)27-22(30)20-17(13-3-2-7-25-21(13)29)18-14(4-5-15-19(18)26-11-33-15)28(20)10-12-6-8-24-16(23)9-12/h2-9,11H,10H2,1H3,(H2,23,24)(H,25,29)(H,27,30). The monoisotopic (exact) mass is 494 g/mol. The van der Waals surface area contributed by atoms with Crippen LogP contribution in [0.4, 0.5) is 5.82 Å². The summed E-state index contributed by atoms with van der Waals surface area (Å²) in [5, 5.41) is 0.580. The van der Waals surface area contributed by atoms with E-state index >= 15 is 0 Å². The Labute approximate surface area is 197 Å². The molecule has 0 unspecified atom stereocenters. The number of hydrogen-bond acceptors (Lipinski definition) is 8. The molecule has 4 heterocycles. The van der Waals surface area contributed by atoms with Crippen molar-refractivity contribution < 1.29 is 13.2 Å². The first-order chi connectivity index (χ1) is 16.2. The number of hydrogen-bond donors (Lipinski definition) is 3. The minimum absolute atomic E-state index is 0.0213. The lowest BCUT2D eigenvalue weighted by Gasteiger charge is -2.12. The molecule has 0 aliphatic carbocycles. The maximum absolute atomic E-state index is 13.4. The average Bonchev–Trinajstić information content (AvgIpc) is 3.36. The van der Waals surface area contributed by atoms with E-state index in [1.807, 2.05) is 12.1 Å². The minimum atomic E-state index is -3.89. The van der Waals surface area contributed by atoms with E-state index in [1.54, 1.807) is 40.5 Å². The molecule has 0 aliphatic rings. The molecule has 10 nitrogen and oxygen atoms in total. The van der Waals surface area contributed by atoms with Crippen molar-refractivity contribution in [1.29, 1.82) is 0 Å². The van der Waals surface area contributed by atoms with Crippen LogP contribution in [0.15, 0.2) is 59.1 Å². The van der Waals surface area contributed by atoms with Gasteiger partial charge in [-0.05, 0) is 42.0 Å². The van der Waals surface area contributed by atoms with Gasteiger partial charge in [0.1, 0.15) is 11.5 Å². The molecule has 0 saturated heterocycles. The number of pyridine rings is 2. The molecule has 0 fully saturated rings. The smallest absolute Gasteiger partial charge is 0.282 e. The first kappa shape index (κ1) is 21.8. The van der Waals surface area contributed by atoms with Gasteiger partial charge in [0.2, 0.25) is 10.0 Å². The third-order valence-corrected chi connectivity index (χ3v) is 6.65. The Balaban J connectivity index is 1.92. The Morgan fingerprint density at radius 1 is 1.24 bits per heavy atom. The molecule has 0 radical (unpaired) electrons. The summed E-state index contributed by atoms with van der Waals surface area (Å²) in [6.45, 7) is 0.177. The number of benzene rings is 1. The summed E-state index contributed by atoms with van der Waals surface area (Å²) in [7, 11) is -3.89. The zero-order valence-electron chi connectivity index (χ0n) is 17.8. The van der Waals surface area contributed by atoms with E-state index in [1.165, 1.54) is 17.5 Å². The maximum Gasteiger partial charge on any atom is 0.282 e. The van der Waals surface area contributed by atoms with Crippen LogP contribution in [0.3, 0.4) is 0 Å². The van der Waals surface area contributed by atoms with Crippen LogP contribution in [0.1, 0.15) is 16.1 Å². The number of H-pyrrole nitrogens is 1. The van der Waals surface area contributed by atoms with Crippen LogP contribution in [-0.2, 0) is 16.6 Å². The van der Waals surface area contributed by atoms with E-state index in [0.717, 1.165) is 16.5 Å². The Bertz CT molecular complexity index is 1750. The Morgan fingerprint density at radius 3 is 2.79 bits per heavy atom. The van der Waals surface area contributed by atoms with Crippen molar-refractivity contribution in [2.45, 2.75) is 6.54 Å². The molecule has 12 heteroatoms. The maximum atomic E-state index is 13.4. The molecule has 4 N–H and O–H groups in total. The fourth-order valence-electron chi connectivity index (χ4n) is 4.04. The molecule has 4 aromatic heterocycles. The predicted molar refractivity (Wildman–Crippen MR) is 131 cm³/mol. The van der Waals surface area contributed by atoms with E-state index in [0.29, 0.717) is 27.8 Å². The number of amides is 1. The van der Waals surface area contributed by atoms with Gasteiger partial charge in [0, 0.05) is 29.9 Å². The van der Waals surface area contributed by atoms with E-state index in [4.69, 9.17) is 5.73 Å². The number of carbonyl (C=O) groups is 1. The molecule has 0 bridgehead atoms. The number of fused-ring (bicyclic) bond motifs is 3. The molecule has 1 aromatic carbocycles. The highest BCUT2D eigenvalue weighted by Gasteiger charge is 2.28. The van der Waals surface area contributed by atoms with Crippen molar-refractivity contribution in [3.63, 3.8) is 0 Å². The van der Waals surface area contributed by atoms with E-state index in [-0.39, 0.29) is 17.8 Å². The average molecular weight is 495 g/mol. The second kappa shape index (κ2) is 8.08. The van der Waals surface area contributed by atoms with Gasteiger partial charge in [-0.25, -0.2) is 23.1 Å². The fraction of sp³-hybridized carbons (Fsp3) is 0.0909. The summed E-state index contributed by atoms with van der Waals surface area (Å²) in [5.41, 5.74) is 9.62. The van der Waals surface area contributed by atoms with Gasteiger partial charge in [-0.3, -0.25) is 9.59 Å². The summed E-state index contributed by atoms with van der Waals surface area (Å²) in [4.78, 5) is 37.4. The molecule has 0 spiro atoms. The van der Waals surface area contributed by atoms with E-state index < -0.39 is 21.5 Å². The van der Waals surface area contributed by atoms with Gasteiger partial charge in [0.05, 0.1) is 33.1 Å². The molecular formula is C22H18N6O4S2. The summed E-state index contributed by atoms with van der Waals surface area (Å²) in [6.07, 6.45) is 3.93. The molecule has 0 atom stereocenters. The van der Waals surface area contributed by atoms with E-state index in [2.05, 4.69) is 19.7 Å². The highest BCUT2D eigenvalue weighted by atomic mass is 32.2. The lowest BCUT2D eigenvalue weighted by Crippen LogP contribution is -2.31. The zero-order chi connectivity index (χ0) is 24.0. The first-order valence-corrected chi connectivity index (χ1v) is 12.8. The van der Waals surface area contributed by atoms with Crippen LogP contribution in [-0.4, -0.2) is 40.1 Å². The number of nitrogens with one attached hydrogen (secondary N) is 2. The molecule has 0 saturated carbocycles. The first-order valence-electron chi connectivity index (χ1n) is 10.0. The predicted octanol–water partition coefficient (Wildman–Crippen LogP) is 2.32.